The summed E-state index contributed by atoms with van der Waals surface area (Å²) < 4.78 is 5.98. The molecule has 0 radical (unpaired) electrons. The van der Waals surface area contributed by atoms with Crippen LogP contribution in [0.1, 0.15) is 42.9 Å². The highest BCUT2D eigenvalue weighted by molar-refractivity contribution is 7.99. The Kier molecular flexibility index (Phi) is 5.03. The van der Waals surface area contributed by atoms with Crippen LogP contribution in [0.2, 0.25) is 0 Å². The van der Waals surface area contributed by atoms with E-state index in [1.54, 1.807) is 0 Å². The van der Waals surface area contributed by atoms with Crippen molar-refractivity contribution >= 4 is 11.8 Å². The number of benzene rings is 1. The Morgan fingerprint density at radius 3 is 2.85 bits per heavy atom. The van der Waals surface area contributed by atoms with Crippen molar-refractivity contribution in [1.82, 2.24) is 0 Å². The Labute approximate surface area is 126 Å². The van der Waals surface area contributed by atoms with Crippen LogP contribution in [-0.4, -0.2) is 24.2 Å². The second kappa shape index (κ2) is 6.97. The zero-order valence-electron chi connectivity index (χ0n) is 12.1. The van der Waals surface area contributed by atoms with Crippen LogP contribution >= 0.6 is 11.8 Å². The fraction of sp³-hybridized carbons (Fsp3) is 0.647. The molecule has 110 valence electrons. The second-order valence-corrected chi connectivity index (χ2v) is 7.32. The normalized spacial score (nSPS) is 25.1. The third-order valence-corrected chi connectivity index (χ3v) is 5.63. The van der Waals surface area contributed by atoms with Crippen molar-refractivity contribution in [2.45, 2.75) is 44.2 Å². The molecule has 0 saturated carbocycles. The summed E-state index contributed by atoms with van der Waals surface area (Å²) in [6.45, 7) is 0.842. The molecular formula is C17H25NOS. The van der Waals surface area contributed by atoms with Crippen LogP contribution in [-0.2, 0) is 11.2 Å². The number of hydrogen-bond donors (Lipinski definition) is 1. The van der Waals surface area contributed by atoms with Crippen LogP contribution in [0.15, 0.2) is 24.3 Å². The van der Waals surface area contributed by atoms with Crippen LogP contribution in [0.3, 0.4) is 0 Å². The van der Waals surface area contributed by atoms with E-state index >= 15 is 0 Å². The topological polar surface area (TPSA) is 35.2 Å². The van der Waals surface area contributed by atoms with Crippen LogP contribution in [0, 0.1) is 5.92 Å². The van der Waals surface area contributed by atoms with E-state index in [4.69, 9.17) is 10.5 Å². The zero-order chi connectivity index (χ0) is 13.8. The molecule has 2 aliphatic rings. The summed E-state index contributed by atoms with van der Waals surface area (Å²) in [6, 6.07) is 8.96. The van der Waals surface area contributed by atoms with Crippen molar-refractivity contribution in [3.63, 3.8) is 0 Å². The van der Waals surface area contributed by atoms with Gasteiger partial charge in [0.2, 0.25) is 0 Å². The predicted molar refractivity (Wildman–Crippen MR) is 86.1 cm³/mol. The summed E-state index contributed by atoms with van der Waals surface area (Å²) in [4.78, 5) is 0. The molecule has 3 heteroatoms. The van der Waals surface area contributed by atoms with Gasteiger partial charge in [-0.2, -0.15) is 11.8 Å². The molecule has 2 heterocycles. The van der Waals surface area contributed by atoms with E-state index in [1.807, 2.05) is 0 Å². The molecule has 2 unspecified atom stereocenters. The Bertz CT molecular complexity index is 431. The maximum Gasteiger partial charge on any atom is 0.0842 e. The molecule has 1 saturated heterocycles. The fourth-order valence-electron chi connectivity index (χ4n) is 3.45. The molecule has 0 aliphatic carbocycles. The largest absolute Gasteiger partial charge is 0.373 e. The number of ether oxygens (including phenoxy) is 1. The van der Waals surface area contributed by atoms with Gasteiger partial charge in [-0.1, -0.05) is 24.3 Å². The average Bonchev–Trinajstić information content (AvgIpc) is 2.48. The molecule has 2 atom stereocenters. The molecule has 1 fully saturated rings. The van der Waals surface area contributed by atoms with E-state index in [0.29, 0.717) is 0 Å². The highest BCUT2D eigenvalue weighted by atomic mass is 32.2. The number of thioether (sulfide) groups is 1. The molecule has 2 nitrogen and oxygen atoms in total. The van der Waals surface area contributed by atoms with Crippen LogP contribution in [0.4, 0.5) is 0 Å². The van der Waals surface area contributed by atoms with Gasteiger partial charge in [-0.3, -0.25) is 0 Å². The van der Waals surface area contributed by atoms with E-state index in [1.165, 1.54) is 41.9 Å². The Morgan fingerprint density at radius 2 is 2.00 bits per heavy atom. The van der Waals surface area contributed by atoms with Gasteiger partial charge in [-0.25, -0.2) is 0 Å². The van der Waals surface area contributed by atoms with E-state index < -0.39 is 0 Å². The molecule has 0 amide bonds. The van der Waals surface area contributed by atoms with Gasteiger partial charge < -0.3 is 10.5 Å². The van der Waals surface area contributed by atoms with Gasteiger partial charge >= 0.3 is 0 Å². The maximum atomic E-state index is 6.41. The van der Waals surface area contributed by atoms with E-state index in [9.17, 15) is 0 Å². The lowest BCUT2D eigenvalue weighted by Crippen LogP contribution is -2.29. The minimum Gasteiger partial charge on any atom is -0.373 e. The van der Waals surface area contributed by atoms with E-state index in [-0.39, 0.29) is 12.1 Å². The molecule has 2 N–H and O–H groups in total. The standard InChI is InChI=1S/C17H25NOS/c18-15(11-13-6-9-20-10-7-13)12-17-16-4-2-1-3-14(16)5-8-19-17/h1-4,13,15,17H,5-12,18H2. The quantitative estimate of drug-likeness (QED) is 0.921. The average molecular weight is 291 g/mol. The van der Waals surface area contributed by atoms with Crippen molar-refractivity contribution in [2.24, 2.45) is 11.7 Å². The summed E-state index contributed by atoms with van der Waals surface area (Å²) in [5.74, 6) is 3.48. The van der Waals surface area contributed by atoms with Crippen LogP contribution in [0.25, 0.3) is 0 Å². The minimum absolute atomic E-state index is 0.216. The van der Waals surface area contributed by atoms with Gasteiger partial charge in [0.25, 0.3) is 0 Å². The smallest absolute Gasteiger partial charge is 0.0842 e. The first-order valence-corrected chi connectivity index (χ1v) is 9.01. The lowest BCUT2D eigenvalue weighted by Gasteiger charge is -2.30. The summed E-state index contributed by atoms with van der Waals surface area (Å²) >= 11 is 2.09. The monoisotopic (exact) mass is 291 g/mol. The molecule has 1 aromatic carbocycles. The van der Waals surface area contributed by atoms with Crippen molar-refractivity contribution in [1.29, 1.82) is 0 Å². The summed E-state index contributed by atoms with van der Waals surface area (Å²) in [6.07, 6.45) is 6.10. The second-order valence-electron chi connectivity index (χ2n) is 6.10. The molecular weight excluding hydrogens is 266 g/mol. The molecule has 0 aromatic heterocycles. The van der Waals surface area contributed by atoms with Crippen LogP contribution < -0.4 is 5.73 Å². The van der Waals surface area contributed by atoms with Crippen LogP contribution in [0.5, 0.6) is 0 Å². The van der Waals surface area contributed by atoms with Crippen molar-refractivity contribution in [2.75, 3.05) is 18.1 Å². The Morgan fingerprint density at radius 1 is 1.20 bits per heavy atom. The molecule has 0 spiro atoms. The summed E-state index contributed by atoms with van der Waals surface area (Å²) in [7, 11) is 0. The number of rotatable bonds is 4. The van der Waals surface area contributed by atoms with Crippen molar-refractivity contribution in [3.8, 4) is 0 Å². The minimum atomic E-state index is 0.216. The lowest BCUT2D eigenvalue weighted by atomic mass is 9.88. The Balaban J connectivity index is 1.57. The Hall–Kier alpha value is -0.510. The van der Waals surface area contributed by atoms with Gasteiger partial charge in [0.05, 0.1) is 12.7 Å². The molecule has 3 rings (SSSR count). The SMILES string of the molecule is NC(CC1CCSCC1)CC1OCCc2ccccc21. The first-order valence-electron chi connectivity index (χ1n) is 7.85. The number of nitrogens with two attached hydrogens (primary N) is 1. The molecule has 1 aromatic rings. The van der Waals surface area contributed by atoms with Gasteiger partial charge in [-0.15, -0.1) is 0 Å². The fourth-order valence-corrected chi connectivity index (χ4v) is 4.66. The molecule has 20 heavy (non-hydrogen) atoms. The van der Waals surface area contributed by atoms with Gasteiger partial charge in [-0.05, 0) is 60.7 Å². The third kappa shape index (κ3) is 3.57. The highest BCUT2D eigenvalue weighted by Gasteiger charge is 2.24. The van der Waals surface area contributed by atoms with Gasteiger partial charge in [0.15, 0.2) is 0 Å². The first kappa shape index (κ1) is 14.4. The number of fused-ring (bicyclic) bond motifs is 1. The summed E-state index contributed by atoms with van der Waals surface area (Å²) in [5, 5.41) is 0. The molecule has 2 aliphatic heterocycles. The number of hydrogen-bond acceptors (Lipinski definition) is 3. The van der Waals surface area contributed by atoms with E-state index in [0.717, 1.165) is 25.4 Å². The van der Waals surface area contributed by atoms with E-state index in [2.05, 4.69) is 36.0 Å². The molecule has 0 bridgehead atoms. The van der Waals surface area contributed by atoms with Crippen molar-refractivity contribution in [3.05, 3.63) is 35.4 Å². The first-order chi connectivity index (χ1) is 9.83. The zero-order valence-corrected chi connectivity index (χ0v) is 12.9. The summed E-state index contributed by atoms with van der Waals surface area (Å²) in [5.41, 5.74) is 9.22. The van der Waals surface area contributed by atoms with Gasteiger partial charge in [0.1, 0.15) is 0 Å². The highest BCUT2D eigenvalue weighted by Crippen LogP contribution is 2.32. The maximum absolute atomic E-state index is 6.41. The van der Waals surface area contributed by atoms with Crippen molar-refractivity contribution < 1.29 is 4.74 Å². The lowest BCUT2D eigenvalue weighted by molar-refractivity contribution is 0.0304. The predicted octanol–water partition coefficient (Wildman–Crippen LogP) is 3.55. The third-order valence-electron chi connectivity index (χ3n) is 4.59. The van der Waals surface area contributed by atoms with Gasteiger partial charge in [0, 0.05) is 6.04 Å².